The highest BCUT2D eigenvalue weighted by molar-refractivity contribution is 7.89. The van der Waals surface area contributed by atoms with Gasteiger partial charge in [-0.05, 0) is 24.5 Å². The monoisotopic (exact) mass is 346 g/mol. The normalized spacial score (nSPS) is 13.5. The van der Waals surface area contributed by atoms with Crippen molar-refractivity contribution in [2.75, 3.05) is 6.61 Å². The number of benzene rings is 2. The molecule has 0 saturated carbocycles. The summed E-state index contributed by atoms with van der Waals surface area (Å²) in [6, 6.07) is 11.6. The van der Waals surface area contributed by atoms with E-state index in [9.17, 15) is 13.7 Å². The van der Waals surface area contributed by atoms with Crippen molar-refractivity contribution >= 4 is 20.8 Å². The summed E-state index contributed by atoms with van der Waals surface area (Å²) < 4.78 is 33.7. The van der Waals surface area contributed by atoms with Crippen LogP contribution in [-0.4, -0.2) is 21.1 Å². The number of hydrogen-bond donors (Lipinski definition) is 1. The molecule has 2 rings (SSSR count). The molecule has 0 bridgehead atoms. The van der Waals surface area contributed by atoms with Gasteiger partial charge in [0.25, 0.3) is 0 Å². The second-order valence-electron chi connectivity index (χ2n) is 6.59. The zero-order chi connectivity index (χ0) is 18.0. The number of nitrogens with one attached hydrogen (secondary N) is 1. The molecule has 0 radical (unpaired) electrons. The van der Waals surface area contributed by atoms with Crippen LogP contribution in [0.4, 0.5) is 0 Å². The van der Waals surface area contributed by atoms with Crippen LogP contribution in [0.15, 0.2) is 41.3 Å². The van der Waals surface area contributed by atoms with Crippen LogP contribution in [0.3, 0.4) is 0 Å². The fraction of sp³-hybridized carbons (Fsp3) is 0.389. The van der Waals surface area contributed by atoms with E-state index in [4.69, 9.17) is 4.74 Å². The van der Waals surface area contributed by atoms with Gasteiger partial charge in [0.15, 0.2) is 0 Å². The van der Waals surface area contributed by atoms with Gasteiger partial charge in [-0.2, -0.15) is 9.98 Å². The van der Waals surface area contributed by atoms with E-state index in [0.29, 0.717) is 17.7 Å². The summed E-state index contributed by atoms with van der Waals surface area (Å²) in [4.78, 5) is 0.144. The molecular weight excluding hydrogens is 324 g/mol. The van der Waals surface area contributed by atoms with Gasteiger partial charge in [0.1, 0.15) is 11.8 Å². The second kappa shape index (κ2) is 6.80. The molecule has 1 N–H and O–H groups in total. The Morgan fingerprint density at radius 2 is 1.79 bits per heavy atom. The Morgan fingerprint density at radius 3 is 2.33 bits per heavy atom. The molecule has 0 aromatic heterocycles. The Hall–Kier alpha value is -2.10. The molecule has 0 heterocycles. The zero-order valence-corrected chi connectivity index (χ0v) is 15.1. The molecular formula is C18H22N2O3S. The summed E-state index contributed by atoms with van der Waals surface area (Å²) in [6.07, 6.45) is 0. The number of nitriles is 1. The maximum Gasteiger partial charge on any atom is 0.242 e. The molecule has 0 amide bonds. The molecule has 128 valence electrons. The summed E-state index contributed by atoms with van der Waals surface area (Å²) in [5.74, 6) is 0.639. The van der Waals surface area contributed by atoms with Gasteiger partial charge in [0.05, 0.1) is 17.6 Å². The van der Waals surface area contributed by atoms with E-state index in [2.05, 4.69) is 4.72 Å². The van der Waals surface area contributed by atoms with E-state index in [1.165, 1.54) is 6.07 Å². The molecule has 1 atom stereocenters. The number of hydrogen-bond acceptors (Lipinski definition) is 4. The smallest absolute Gasteiger partial charge is 0.242 e. The first-order chi connectivity index (χ1) is 11.2. The molecule has 2 aromatic carbocycles. The van der Waals surface area contributed by atoms with Crippen molar-refractivity contribution in [3.8, 4) is 11.8 Å². The maximum absolute atomic E-state index is 12.8. The van der Waals surface area contributed by atoms with Gasteiger partial charge in [0, 0.05) is 10.8 Å². The van der Waals surface area contributed by atoms with Crippen molar-refractivity contribution in [3.05, 3.63) is 36.4 Å². The van der Waals surface area contributed by atoms with Crippen LogP contribution in [0.2, 0.25) is 0 Å². The van der Waals surface area contributed by atoms with Crippen LogP contribution in [0.1, 0.15) is 27.7 Å². The Kier molecular flexibility index (Phi) is 5.16. The van der Waals surface area contributed by atoms with Gasteiger partial charge in [-0.3, -0.25) is 0 Å². The first kappa shape index (κ1) is 18.2. The topological polar surface area (TPSA) is 79.2 Å². The molecule has 0 fully saturated rings. The lowest BCUT2D eigenvalue weighted by Crippen LogP contribution is -2.42. The Bertz CT molecular complexity index is 877. The van der Waals surface area contributed by atoms with Crippen LogP contribution >= 0.6 is 0 Å². The molecule has 2 aromatic rings. The highest BCUT2D eigenvalue weighted by atomic mass is 32.2. The lowest BCUT2D eigenvalue weighted by molar-refractivity contribution is 0.344. The quantitative estimate of drug-likeness (QED) is 0.899. The average molecular weight is 346 g/mol. The van der Waals surface area contributed by atoms with Crippen LogP contribution in [0.5, 0.6) is 5.75 Å². The van der Waals surface area contributed by atoms with E-state index in [-0.39, 0.29) is 4.90 Å². The van der Waals surface area contributed by atoms with Gasteiger partial charge in [0.2, 0.25) is 10.0 Å². The lowest BCUT2D eigenvalue weighted by Gasteiger charge is -2.25. The standard InChI is InChI=1S/C18H22N2O3S/c1-5-23-15-10-11-16(14-9-7-6-8-13(14)15)24(21,22)20-17(12-19)18(2,3)4/h6-11,17,20H,5H2,1-4H3/t17-/m1/s1. The highest BCUT2D eigenvalue weighted by Crippen LogP contribution is 2.31. The minimum atomic E-state index is -3.84. The summed E-state index contributed by atoms with van der Waals surface area (Å²) in [7, 11) is -3.84. The van der Waals surface area contributed by atoms with E-state index >= 15 is 0 Å². The molecule has 24 heavy (non-hydrogen) atoms. The second-order valence-corrected chi connectivity index (χ2v) is 8.27. The van der Waals surface area contributed by atoms with E-state index in [0.717, 1.165) is 5.39 Å². The van der Waals surface area contributed by atoms with E-state index < -0.39 is 21.5 Å². The van der Waals surface area contributed by atoms with Gasteiger partial charge < -0.3 is 4.74 Å². The third-order valence-electron chi connectivity index (χ3n) is 3.70. The zero-order valence-electron chi connectivity index (χ0n) is 14.3. The largest absolute Gasteiger partial charge is 0.493 e. The predicted octanol–water partition coefficient (Wildman–Crippen LogP) is 3.46. The molecule has 6 heteroatoms. The maximum atomic E-state index is 12.8. The van der Waals surface area contributed by atoms with Crippen molar-refractivity contribution in [2.24, 2.45) is 5.41 Å². The van der Waals surface area contributed by atoms with Gasteiger partial charge >= 0.3 is 0 Å². The molecule has 0 saturated heterocycles. The number of nitrogens with zero attached hydrogens (tertiary/aromatic N) is 1. The van der Waals surface area contributed by atoms with Crippen molar-refractivity contribution in [3.63, 3.8) is 0 Å². The van der Waals surface area contributed by atoms with Gasteiger partial charge in [-0.15, -0.1) is 0 Å². The molecule has 0 aliphatic carbocycles. The number of rotatable bonds is 5. The third-order valence-corrected chi connectivity index (χ3v) is 5.18. The van der Waals surface area contributed by atoms with Crippen LogP contribution in [0, 0.1) is 16.7 Å². The van der Waals surface area contributed by atoms with Crippen LogP contribution < -0.4 is 9.46 Å². The average Bonchev–Trinajstić information content (AvgIpc) is 2.52. The first-order valence-corrected chi connectivity index (χ1v) is 9.25. The van der Waals surface area contributed by atoms with Crippen LogP contribution in [0.25, 0.3) is 10.8 Å². The highest BCUT2D eigenvalue weighted by Gasteiger charge is 2.30. The SMILES string of the molecule is CCOc1ccc(S(=O)(=O)N[C@H](C#N)C(C)(C)C)c2ccccc12. The van der Waals surface area contributed by atoms with Crippen LogP contribution in [-0.2, 0) is 10.0 Å². The van der Waals surface area contributed by atoms with Crippen molar-refractivity contribution in [1.29, 1.82) is 5.26 Å². The Labute approximate surface area is 143 Å². The van der Waals surface area contributed by atoms with E-state index in [1.807, 2.05) is 45.9 Å². The minimum Gasteiger partial charge on any atom is -0.493 e. The number of ether oxygens (including phenoxy) is 1. The molecule has 0 aliphatic rings. The first-order valence-electron chi connectivity index (χ1n) is 7.77. The Balaban J connectivity index is 2.56. The van der Waals surface area contributed by atoms with Gasteiger partial charge in [-0.25, -0.2) is 8.42 Å². The molecule has 0 spiro atoms. The van der Waals surface area contributed by atoms with E-state index in [1.54, 1.807) is 18.2 Å². The lowest BCUT2D eigenvalue weighted by atomic mass is 9.88. The summed E-state index contributed by atoms with van der Waals surface area (Å²) >= 11 is 0. The fourth-order valence-corrected chi connectivity index (χ4v) is 3.93. The van der Waals surface area contributed by atoms with Crippen molar-refractivity contribution in [1.82, 2.24) is 4.72 Å². The summed E-state index contributed by atoms with van der Waals surface area (Å²) in [6.45, 7) is 7.83. The number of sulfonamides is 1. The van der Waals surface area contributed by atoms with Crippen molar-refractivity contribution in [2.45, 2.75) is 38.6 Å². The summed E-state index contributed by atoms with van der Waals surface area (Å²) in [5, 5.41) is 10.6. The molecule has 0 unspecified atom stereocenters. The fourth-order valence-electron chi connectivity index (χ4n) is 2.37. The predicted molar refractivity (Wildman–Crippen MR) is 94.3 cm³/mol. The minimum absolute atomic E-state index is 0.144. The summed E-state index contributed by atoms with van der Waals surface area (Å²) in [5.41, 5.74) is -0.511. The molecule has 0 aliphatic heterocycles. The molecule has 5 nitrogen and oxygen atoms in total. The Morgan fingerprint density at radius 1 is 1.17 bits per heavy atom. The van der Waals surface area contributed by atoms with Crippen molar-refractivity contribution < 1.29 is 13.2 Å². The number of fused-ring (bicyclic) bond motifs is 1. The third kappa shape index (κ3) is 3.69. The van der Waals surface area contributed by atoms with Gasteiger partial charge in [-0.1, -0.05) is 45.0 Å².